The molecule has 0 bridgehead atoms. The van der Waals surface area contributed by atoms with Gasteiger partial charge in [-0.2, -0.15) is 5.10 Å². The van der Waals surface area contributed by atoms with Gasteiger partial charge < -0.3 is 9.47 Å². The molecule has 0 unspecified atom stereocenters. The molecule has 1 heterocycles. The largest absolute Gasteiger partial charge is 0.383 e. The molecule has 1 N–H and O–H groups in total. The van der Waals surface area contributed by atoms with Gasteiger partial charge in [-0.3, -0.25) is 9.67 Å². The van der Waals surface area contributed by atoms with E-state index in [-0.39, 0.29) is 0 Å². The fraction of sp³-hybridized carbons (Fsp3) is 0.778. The van der Waals surface area contributed by atoms with E-state index in [0.717, 1.165) is 5.82 Å². The molecule has 0 aliphatic heterocycles. The second-order valence-electron chi connectivity index (χ2n) is 3.71. The molecule has 0 aliphatic carbocycles. The van der Waals surface area contributed by atoms with E-state index in [4.69, 9.17) is 21.7 Å². The van der Waals surface area contributed by atoms with Crippen LogP contribution in [0.4, 0.5) is 0 Å². The van der Waals surface area contributed by atoms with Gasteiger partial charge in [-0.15, -0.1) is 0 Å². The third-order valence-corrected chi connectivity index (χ3v) is 2.64. The summed E-state index contributed by atoms with van der Waals surface area (Å²) in [7, 11) is 3.31. The maximum Gasteiger partial charge on any atom is 0.195 e. The number of nitrogens with zero attached hydrogens (tertiary/aromatic N) is 2. The van der Waals surface area contributed by atoms with Crippen molar-refractivity contribution in [1.29, 1.82) is 0 Å². The molecule has 0 spiro atoms. The van der Waals surface area contributed by atoms with Crippen molar-refractivity contribution in [3.8, 4) is 0 Å². The molecule has 0 saturated carbocycles. The highest BCUT2D eigenvalue weighted by molar-refractivity contribution is 7.71. The number of aromatic nitrogens is 3. The van der Waals surface area contributed by atoms with Gasteiger partial charge >= 0.3 is 0 Å². The van der Waals surface area contributed by atoms with E-state index in [0.29, 0.717) is 17.9 Å². The van der Waals surface area contributed by atoms with Crippen molar-refractivity contribution in [2.24, 2.45) is 0 Å². The minimum absolute atomic E-state index is 0.457. The summed E-state index contributed by atoms with van der Waals surface area (Å²) >= 11 is 5.14. The van der Waals surface area contributed by atoms with E-state index in [9.17, 15) is 0 Å². The molecule has 1 rings (SSSR count). The Morgan fingerprint density at radius 2 is 2.13 bits per heavy atom. The van der Waals surface area contributed by atoms with Crippen LogP contribution >= 0.6 is 12.2 Å². The molecule has 0 fully saturated rings. The highest BCUT2D eigenvalue weighted by Crippen LogP contribution is 2.21. The molecule has 5 nitrogen and oxygen atoms in total. The first-order valence-electron chi connectivity index (χ1n) is 4.72. The van der Waals surface area contributed by atoms with Crippen LogP contribution in [0.25, 0.3) is 0 Å². The predicted octanol–water partition coefficient (Wildman–Crippen LogP) is 1.47. The first-order valence-corrected chi connectivity index (χ1v) is 5.13. The predicted molar refractivity (Wildman–Crippen MR) is 59.3 cm³/mol. The van der Waals surface area contributed by atoms with Crippen molar-refractivity contribution in [1.82, 2.24) is 14.8 Å². The average Bonchev–Trinajstić information content (AvgIpc) is 2.57. The molecule has 0 amide bonds. The van der Waals surface area contributed by atoms with Gasteiger partial charge in [-0.25, -0.2) is 0 Å². The number of hydrogen-bond acceptors (Lipinski definition) is 4. The number of methoxy groups -OCH3 is 2. The Labute approximate surface area is 94.4 Å². The lowest BCUT2D eigenvalue weighted by Crippen LogP contribution is -2.26. The molecule has 86 valence electrons. The van der Waals surface area contributed by atoms with Gasteiger partial charge in [0.1, 0.15) is 5.60 Å². The Balaban J connectivity index is 3.03. The highest BCUT2D eigenvalue weighted by Gasteiger charge is 2.26. The lowest BCUT2D eigenvalue weighted by molar-refractivity contribution is 0.00730. The number of aromatic amines is 1. The summed E-state index contributed by atoms with van der Waals surface area (Å²) < 4.78 is 12.9. The summed E-state index contributed by atoms with van der Waals surface area (Å²) in [6, 6.07) is 0. The Hall–Kier alpha value is -0.720. The molecule has 0 saturated heterocycles. The maximum absolute atomic E-state index is 5.37. The molecule has 0 aliphatic rings. The Kier molecular flexibility index (Phi) is 4.01. The third-order valence-electron chi connectivity index (χ3n) is 2.33. The zero-order chi connectivity index (χ0) is 11.5. The lowest BCUT2D eigenvalue weighted by Gasteiger charge is -2.22. The summed E-state index contributed by atoms with van der Waals surface area (Å²) in [6.45, 7) is 5.16. The average molecular weight is 231 g/mol. The fourth-order valence-corrected chi connectivity index (χ4v) is 1.48. The van der Waals surface area contributed by atoms with Crippen LogP contribution in [0.1, 0.15) is 19.7 Å². The number of ether oxygens (including phenoxy) is 2. The summed E-state index contributed by atoms with van der Waals surface area (Å²) in [5.74, 6) is 0.784. The minimum atomic E-state index is -0.457. The number of hydrogen-bond donors (Lipinski definition) is 1. The zero-order valence-electron chi connectivity index (χ0n) is 9.53. The molecule has 0 radical (unpaired) electrons. The van der Waals surface area contributed by atoms with Crippen molar-refractivity contribution in [2.75, 3.05) is 20.8 Å². The molecule has 1 aromatic rings. The first-order chi connectivity index (χ1) is 7.03. The second kappa shape index (κ2) is 4.87. The van der Waals surface area contributed by atoms with Crippen LogP contribution < -0.4 is 0 Å². The van der Waals surface area contributed by atoms with Crippen LogP contribution in [0.2, 0.25) is 0 Å². The molecule has 0 aromatic carbocycles. The molecular weight excluding hydrogens is 214 g/mol. The van der Waals surface area contributed by atoms with Gasteiger partial charge in [0.2, 0.25) is 0 Å². The molecular formula is C9H17N3O2S. The van der Waals surface area contributed by atoms with Crippen LogP contribution in [0.5, 0.6) is 0 Å². The molecule has 6 heteroatoms. The first kappa shape index (κ1) is 12.4. The van der Waals surface area contributed by atoms with Crippen LogP contribution in [-0.2, 0) is 21.6 Å². The Bertz CT molecular complexity index is 370. The fourth-order valence-electron chi connectivity index (χ4n) is 1.26. The molecule has 15 heavy (non-hydrogen) atoms. The van der Waals surface area contributed by atoms with E-state index >= 15 is 0 Å². The van der Waals surface area contributed by atoms with Crippen molar-refractivity contribution in [3.63, 3.8) is 0 Å². The van der Waals surface area contributed by atoms with Crippen LogP contribution in [0, 0.1) is 4.77 Å². The van der Waals surface area contributed by atoms with Crippen LogP contribution in [-0.4, -0.2) is 35.6 Å². The second-order valence-corrected chi connectivity index (χ2v) is 4.10. The molecule has 0 atom stereocenters. The normalized spacial score (nSPS) is 12.0. The van der Waals surface area contributed by atoms with E-state index < -0.39 is 5.60 Å². The van der Waals surface area contributed by atoms with Gasteiger partial charge in [0.15, 0.2) is 10.6 Å². The number of rotatable bonds is 5. The summed E-state index contributed by atoms with van der Waals surface area (Å²) in [4.78, 5) is 0. The quantitative estimate of drug-likeness (QED) is 0.780. The van der Waals surface area contributed by atoms with Gasteiger partial charge in [0.05, 0.1) is 13.2 Å². The minimum Gasteiger partial charge on any atom is -0.383 e. The van der Waals surface area contributed by atoms with Gasteiger partial charge in [0, 0.05) is 14.2 Å². The number of H-pyrrole nitrogens is 1. The smallest absolute Gasteiger partial charge is 0.195 e. The maximum atomic E-state index is 5.37. The van der Waals surface area contributed by atoms with Crippen molar-refractivity contribution >= 4 is 12.2 Å². The third kappa shape index (κ3) is 2.64. The van der Waals surface area contributed by atoms with E-state index in [2.05, 4.69) is 10.2 Å². The standard InChI is InChI=1S/C9H17N3O2S/c1-9(2,14-4)7-10-11-8(15)12(7)5-6-13-3/h5-6H2,1-4H3,(H,11,15). The number of nitrogens with one attached hydrogen (secondary N) is 1. The summed E-state index contributed by atoms with van der Waals surface area (Å²) in [5.41, 5.74) is -0.457. The van der Waals surface area contributed by atoms with E-state index in [1.54, 1.807) is 14.2 Å². The monoisotopic (exact) mass is 231 g/mol. The van der Waals surface area contributed by atoms with Gasteiger partial charge in [-0.05, 0) is 26.1 Å². The van der Waals surface area contributed by atoms with Crippen LogP contribution in [0.3, 0.4) is 0 Å². The summed E-state index contributed by atoms with van der Waals surface area (Å²) in [6.07, 6.45) is 0. The van der Waals surface area contributed by atoms with Crippen molar-refractivity contribution in [2.45, 2.75) is 26.0 Å². The SMILES string of the molecule is COCCn1c(C(C)(C)OC)n[nH]c1=S. The molecule has 1 aromatic heterocycles. The van der Waals surface area contributed by atoms with Crippen molar-refractivity contribution < 1.29 is 9.47 Å². The lowest BCUT2D eigenvalue weighted by atomic mass is 10.1. The van der Waals surface area contributed by atoms with Crippen molar-refractivity contribution in [3.05, 3.63) is 10.6 Å². The Morgan fingerprint density at radius 1 is 1.47 bits per heavy atom. The topological polar surface area (TPSA) is 52.1 Å². The van der Waals surface area contributed by atoms with E-state index in [1.165, 1.54) is 0 Å². The van der Waals surface area contributed by atoms with Gasteiger partial charge in [0.25, 0.3) is 0 Å². The Morgan fingerprint density at radius 3 is 2.67 bits per heavy atom. The summed E-state index contributed by atoms with van der Waals surface area (Å²) in [5, 5.41) is 6.94. The van der Waals surface area contributed by atoms with Crippen LogP contribution in [0.15, 0.2) is 0 Å². The zero-order valence-corrected chi connectivity index (χ0v) is 10.3. The van der Waals surface area contributed by atoms with E-state index in [1.807, 2.05) is 18.4 Å². The van der Waals surface area contributed by atoms with Gasteiger partial charge in [-0.1, -0.05) is 0 Å². The highest BCUT2D eigenvalue weighted by atomic mass is 32.1.